The standard InChI is InChI=1S/C35H32F5N3O6S.C34H30F5N3O6S/c36-29-30(37)32(39)34(33(40)31(29)38)50(48,49)42(18-23-8-4-5-9-26(23)41)19-28(45)43(24-14-15-25(35(46)47)27(44)16-24)17-20-10-12-22(13-11-20)21-6-2-1-3-7-21;35-28-29(36)31(38)33(32(39)30(28)37)49(47,48)41(18-23-8-4-5-15-40-23)19-27(44)42(24-13-14-25(34(45)46)26(43)16-24)17-20-9-11-22(12-10-20)21-6-2-1-3-7-21/h4-5,8-16,21,44H,1-3,6-7,17-19,41H2,(H,46,47);4-5,8-16,21,43H,1-3,6-7,17-19H2,(H,45,46). The van der Waals surface area contributed by atoms with Crippen LogP contribution in [0.1, 0.15) is 130 Å². The van der Waals surface area contributed by atoms with Crippen molar-refractivity contribution < 1.29 is 100 Å². The number of anilines is 3. The third-order valence-electron chi connectivity index (χ3n) is 17.1. The molecule has 0 unspecified atom stereocenters. The van der Waals surface area contributed by atoms with E-state index in [1.165, 1.54) is 60.8 Å². The van der Waals surface area contributed by atoms with Crippen LogP contribution in [0.3, 0.4) is 0 Å². The molecular formula is C69H62F10N6O12S2. The van der Waals surface area contributed by atoms with Crippen LogP contribution in [0.5, 0.6) is 11.5 Å². The number of carboxylic acid groups (broad SMARTS) is 2. The maximum Gasteiger partial charge on any atom is 0.339 e. The first kappa shape index (κ1) is 73.3. The van der Waals surface area contributed by atoms with E-state index < -0.39 is 161 Å². The summed E-state index contributed by atoms with van der Waals surface area (Å²) in [5.41, 5.74) is 8.13. The molecule has 0 saturated heterocycles. The van der Waals surface area contributed by atoms with Crippen LogP contribution in [0, 0.1) is 58.2 Å². The van der Waals surface area contributed by atoms with Crippen molar-refractivity contribution in [3.05, 3.63) is 236 Å². The van der Waals surface area contributed by atoms with Crippen LogP contribution in [0.4, 0.5) is 61.0 Å². The number of amides is 2. The minimum atomic E-state index is -5.66. The number of carbonyl (C=O) groups is 4. The Balaban J connectivity index is 0.000000231. The number of phenols is 2. The number of aromatic nitrogens is 1. The lowest BCUT2D eigenvalue weighted by Gasteiger charge is -2.28. The minimum absolute atomic E-state index is 0.00153. The van der Waals surface area contributed by atoms with Crippen LogP contribution in [0.2, 0.25) is 0 Å². The lowest BCUT2D eigenvalue weighted by Crippen LogP contribution is -2.43. The van der Waals surface area contributed by atoms with Gasteiger partial charge in [-0.2, -0.15) is 8.61 Å². The second-order valence-corrected chi connectivity index (χ2v) is 27.2. The van der Waals surface area contributed by atoms with Gasteiger partial charge in [0.2, 0.25) is 43.5 Å². The predicted molar refractivity (Wildman–Crippen MR) is 340 cm³/mol. The molecular weight excluding hydrogens is 1360 g/mol. The van der Waals surface area contributed by atoms with Crippen LogP contribution in [-0.4, -0.2) is 87.7 Å². The number of carboxylic acids is 2. The molecule has 2 amide bonds. The smallest absolute Gasteiger partial charge is 0.339 e. The molecule has 2 aliphatic rings. The molecule has 1 heterocycles. The van der Waals surface area contributed by atoms with E-state index in [1.807, 2.05) is 24.3 Å². The highest BCUT2D eigenvalue weighted by Crippen LogP contribution is 2.38. The van der Waals surface area contributed by atoms with Crippen LogP contribution in [0.25, 0.3) is 0 Å². The highest BCUT2D eigenvalue weighted by molar-refractivity contribution is 7.89. The van der Waals surface area contributed by atoms with E-state index in [-0.39, 0.29) is 50.0 Å². The number of halogens is 10. The zero-order chi connectivity index (χ0) is 71.8. The van der Waals surface area contributed by atoms with Gasteiger partial charge in [-0.05, 0) is 108 Å². The molecule has 10 rings (SSSR count). The van der Waals surface area contributed by atoms with Gasteiger partial charge in [0, 0.05) is 41.9 Å². The molecule has 18 nitrogen and oxygen atoms in total. The van der Waals surface area contributed by atoms with Gasteiger partial charge in [-0.15, -0.1) is 0 Å². The summed E-state index contributed by atoms with van der Waals surface area (Å²) in [6.45, 7) is -4.54. The highest BCUT2D eigenvalue weighted by Gasteiger charge is 2.41. The number of hydrogen-bond donors (Lipinski definition) is 5. The van der Waals surface area contributed by atoms with Crippen molar-refractivity contribution in [2.75, 3.05) is 28.6 Å². The average Bonchev–Trinajstić information content (AvgIpc) is 0.766. The van der Waals surface area contributed by atoms with E-state index in [9.17, 15) is 100 Å². The highest BCUT2D eigenvalue weighted by atomic mass is 32.2. The normalized spacial score (nSPS) is 13.8. The number of nitrogens with zero attached hydrogens (tertiary/aromatic N) is 5. The van der Waals surface area contributed by atoms with Crippen molar-refractivity contribution in [1.82, 2.24) is 13.6 Å². The van der Waals surface area contributed by atoms with E-state index in [4.69, 9.17) is 5.73 Å². The maximum absolute atomic E-state index is 14.9. The van der Waals surface area contributed by atoms with Crippen LogP contribution in [0.15, 0.2) is 143 Å². The third kappa shape index (κ3) is 16.5. The van der Waals surface area contributed by atoms with Crippen molar-refractivity contribution in [3.63, 3.8) is 0 Å². The molecule has 2 fully saturated rings. The third-order valence-corrected chi connectivity index (χ3v) is 20.7. The van der Waals surface area contributed by atoms with E-state index >= 15 is 0 Å². The van der Waals surface area contributed by atoms with E-state index in [0.717, 1.165) is 109 Å². The molecule has 1 aromatic heterocycles. The molecule has 7 aromatic carbocycles. The second-order valence-electron chi connectivity index (χ2n) is 23.5. The molecule has 0 atom stereocenters. The summed E-state index contributed by atoms with van der Waals surface area (Å²) in [5.74, 6) is -31.3. The Bertz CT molecular complexity index is 4530. The van der Waals surface area contributed by atoms with Gasteiger partial charge in [0.05, 0.1) is 38.4 Å². The summed E-state index contributed by atoms with van der Waals surface area (Å²) >= 11 is 0. The summed E-state index contributed by atoms with van der Waals surface area (Å²) in [6, 6.07) is 30.9. The summed E-state index contributed by atoms with van der Waals surface area (Å²) in [4.78, 5) is 52.9. The molecule has 2 saturated carbocycles. The Morgan fingerprint density at radius 1 is 0.444 bits per heavy atom. The zero-order valence-electron chi connectivity index (χ0n) is 52.1. The fourth-order valence-corrected chi connectivity index (χ4v) is 14.7. The Labute approximate surface area is 560 Å². The topological polar surface area (TPSA) is 269 Å². The molecule has 30 heteroatoms. The van der Waals surface area contributed by atoms with Gasteiger partial charge in [0.15, 0.2) is 56.3 Å². The first-order chi connectivity index (χ1) is 47.0. The van der Waals surface area contributed by atoms with E-state index in [0.29, 0.717) is 23.0 Å². The van der Waals surface area contributed by atoms with Crippen molar-refractivity contribution in [2.45, 2.75) is 112 Å². The molecule has 0 bridgehead atoms. The number of nitrogens with two attached hydrogens (primary N) is 1. The summed E-state index contributed by atoms with van der Waals surface area (Å²) in [5, 5.41) is 39.6. The monoisotopic (exact) mass is 1420 g/mol. The molecule has 0 radical (unpaired) electrons. The Morgan fingerprint density at radius 2 is 0.808 bits per heavy atom. The second kappa shape index (κ2) is 31.3. The van der Waals surface area contributed by atoms with Crippen molar-refractivity contribution >= 4 is 60.9 Å². The van der Waals surface area contributed by atoms with Crippen molar-refractivity contribution in [1.29, 1.82) is 0 Å². The molecule has 2 aliphatic carbocycles. The molecule has 6 N–H and O–H groups in total. The number of pyridine rings is 1. The molecule has 522 valence electrons. The lowest BCUT2D eigenvalue weighted by atomic mass is 9.84. The first-order valence-electron chi connectivity index (χ1n) is 30.7. The SMILES string of the molecule is Nc1ccccc1CN(CC(=O)N(Cc1ccc(C2CCCCC2)cc1)c1ccc(C(=O)O)c(O)c1)S(=O)(=O)c1c(F)c(F)c(F)c(F)c1F.O=C(O)c1ccc(N(Cc2ccc(C3CCCCC3)cc2)C(=O)CN(Cc2ccccn2)S(=O)(=O)c2c(F)c(F)c(F)c(F)c2F)cc1O. The van der Waals surface area contributed by atoms with Crippen molar-refractivity contribution in [3.8, 4) is 11.5 Å². The van der Waals surface area contributed by atoms with Gasteiger partial charge in [-0.1, -0.05) is 111 Å². The summed E-state index contributed by atoms with van der Waals surface area (Å²) in [7, 11) is -11.3. The van der Waals surface area contributed by atoms with Gasteiger partial charge < -0.3 is 36.0 Å². The number of hydrogen-bond acceptors (Lipinski definition) is 12. The number of carbonyl (C=O) groups excluding carboxylic acids is 2. The number of sulfonamides is 2. The number of para-hydroxylation sites is 1. The van der Waals surface area contributed by atoms with Crippen LogP contribution >= 0.6 is 0 Å². The number of aromatic hydroxyl groups is 2. The number of nitrogen functional groups attached to an aromatic ring is 1. The van der Waals surface area contributed by atoms with Gasteiger partial charge in [0.25, 0.3) is 0 Å². The van der Waals surface area contributed by atoms with Gasteiger partial charge >= 0.3 is 11.9 Å². The Morgan fingerprint density at radius 3 is 1.16 bits per heavy atom. The number of benzene rings is 7. The van der Waals surface area contributed by atoms with Gasteiger partial charge in [-0.3, -0.25) is 14.6 Å². The molecule has 99 heavy (non-hydrogen) atoms. The fraction of sp³-hybridized carbons (Fsp3) is 0.261. The predicted octanol–water partition coefficient (Wildman–Crippen LogP) is 13.5. The molecule has 0 aliphatic heterocycles. The maximum atomic E-state index is 14.9. The van der Waals surface area contributed by atoms with E-state index in [2.05, 4.69) is 4.98 Å². The fourth-order valence-electron chi connectivity index (χ4n) is 11.8. The Kier molecular flexibility index (Phi) is 23.2. The quantitative estimate of drug-likeness (QED) is 0.0183. The lowest BCUT2D eigenvalue weighted by molar-refractivity contribution is -0.119. The van der Waals surface area contributed by atoms with E-state index in [1.54, 1.807) is 24.3 Å². The molecule has 8 aromatic rings. The van der Waals surface area contributed by atoms with Crippen molar-refractivity contribution in [2.24, 2.45) is 0 Å². The number of rotatable bonds is 22. The van der Waals surface area contributed by atoms with Gasteiger partial charge in [0.1, 0.15) is 22.6 Å². The summed E-state index contributed by atoms with van der Waals surface area (Å²) in [6.07, 6.45) is 12.1. The zero-order valence-corrected chi connectivity index (χ0v) is 53.8. The average molecular weight is 1420 g/mol. The first-order valence-corrected chi connectivity index (χ1v) is 33.5. The summed E-state index contributed by atoms with van der Waals surface area (Å²) < 4.78 is 199. The van der Waals surface area contributed by atoms with Gasteiger partial charge in [-0.25, -0.2) is 70.3 Å². The minimum Gasteiger partial charge on any atom is -0.507 e. The molecule has 0 spiro atoms. The van der Waals surface area contributed by atoms with Crippen LogP contribution in [-0.2, 0) is 55.8 Å². The largest absolute Gasteiger partial charge is 0.507 e. The Hall–Kier alpha value is -9.91. The van der Waals surface area contributed by atoms with Crippen LogP contribution < -0.4 is 15.5 Å². The number of aromatic carboxylic acids is 2.